The number of ether oxygens (including phenoxy) is 1. The SMILES string of the molecule is O=C(c1ccc(=O)[nH]c1)N1CCC2(C1)CN(c1ccccc1)C(=O)CO2. The van der Waals surface area contributed by atoms with Gasteiger partial charge in [0.15, 0.2) is 0 Å². The van der Waals surface area contributed by atoms with Crippen molar-refractivity contribution in [1.82, 2.24) is 9.88 Å². The number of aromatic nitrogens is 1. The highest BCUT2D eigenvalue weighted by Crippen LogP contribution is 2.32. The second kappa shape index (κ2) is 6.42. The summed E-state index contributed by atoms with van der Waals surface area (Å²) in [6.45, 7) is 1.40. The van der Waals surface area contributed by atoms with Gasteiger partial charge in [-0.15, -0.1) is 0 Å². The number of H-pyrrole nitrogens is 1. The second-order valence-electron chi connectivity index (χ2n) is 6.71. The zero-order chi connectivity index (χ0) is 18.1. The summed E-state index contributed by atoms with van der Waals surface area (Å²) in [5.74, 6) is -0.225. The molecule has 2 aliphatic heterocycles. The van der Waals surface area contributed by atoms with Gasteiger partial charge in [0.25, 0.3) is 11.8 Å². The van der Waals surface area contributed by atoms with Crippen LogP contribution in [0.5, 0.6) is 0 Å². The van der Waals surface area contributed by atoms with E-state index in [9.17, 15) is 14.4 Å². The van der Waals surface area contributed by atoms with Crippen LogP contribution in [0.2, 0.25) is 0 Å². The van der Waals surface area contributed by atoms with Gasteiger partial charge >= 0.3 is 0 Å². The van der Waals surface area contributed by atoms with Crippen molar-refractivity contribution in [3.8, 4) is 0 Å². The fourth-order valence-electron chi connectivity index (χ4n) is 3.55. The molecule has 1 unspecified atom stereocenters. The van der Waals surface area contributed by atoms with Gasteiger partial charge in [0.05, 0.1) is 18.7 Å². The highest BCUT2D eigenvalue weighted by Gasteiger charge is 2.46. The average molecular weight is 353 g/mol. The van der Waals surface area contributed by atoms with Crippen LogP contribution in [0.3, 0.4) is 0 Å². The summed E-state index contributed by atoms with van der Waals surface area (Å²) in [6.07, 6.45) is 2.09. The maximum Gasteiger partial charge on any atom is 0.255 e. The fraction of sp³-hybridized carbons (Fsp3) is 0.316. The number of benzene rings is 1. The minimum absolute atomic E-state index is 0.00951. The maximum atomic E-state index is 12.7. The van der Waals surface area contributed by atoms with Gasteiger partial charge in [-0.3, -0.25) is 14.4 Å². The van der Waals surface area contributed by atoms with E-state index < -0.39 is 5.60 Å². The van der Waals surface area contributed by atoms with Crippen molar-refractivity contribution in [3.05, 3.63) is 64.6 Å². The summed E-state index contributed by atoms with van der Waals surface area (Å²) in [7, 11) is 0. The van der Waals surface area contributed by atoms with E-state index >= 15 is 0 Å². The first-order valence-electron chi connectivity index (χ1n) is 8.54. The molecule has 1 aromatic heterocycles. The smallest absolute Gasteiger partial charge is 0.255 e. The van der Waals surface area contributed by atoms with Crippen LogP contribution in [-0.2, 0) is 9.53 Å². The first kappa shape index (κ1) is 16.5. The Kier molecular flexibility index (Phi) is 4.08. The van der Waals surface area contributed by atoms with Crippen molar-refractivity contribution in [2.75, 3.05) is 31.1 Å². The Hall–Kier alpha value is -2.93. The summed E-state index contributed by atoms with van der Waals surface area (Å²) < 4.78 is 5.88. The summed E-state index contributed by atoms with van der Waals surface area (Å²) in [5, 5.41) is 0. The number of likely N-dealkylation sites (tertiary alicyclic amines) is 1. The molecule has 1 aromatic carbocycles. The van der Waals surface area contributed by atoms with Crippen LogP contribution < -0.4 is 10.5 Å². The molecule has 0 radical (unpaired) electrons. The number of carbonyl (C=O) groups is 2. The number of hydrogen-bond donors (Lipinski definition) is 1. The molecule has 134 valence electrons. The zero-order valence-electron chi connectivity index (χ0n) is 14.2. The number of rotatable bonds is 2. The van der Waals surface area contributed by atoms with E-state index in [1.807, 2.05) is 30.3 Å². The van der Waals surface area contributed by atoms with E-state index in [0.717, 1.165) is 5.69 Å². The van der Waals surface area contributed by atoms with Crippen molar-refractivity contribution in [1.29, 1.82) is 0 Å². The van der Waals surface area contributed by atoms with Crippen LogP contribution in [-0.4, -0.2) is 53.5 Å². The first-order chi connectivity index (χ1) is 12.6. The van der Waals surface area contributed by atoms with E-state index in [4.69, 9.17) is 4.74 Å². The van der Waals surface area contributed by atoms with Gasteiger partial charge < -0.3 is 19.5 Å². The lowest BCUT2D eigenvalue weighted by molar-refractivity contribution is -0.137. The summed E-state index contributed by atoms with van der Waals surface area (Å²) >= 11 is 0. The Balaban J connectivity index is 1.51. The zero-order valence-corrected chi connectivity index (χ0v) is 14.2. The van der Waals surface area contributed by atoms with Gasteiger partial charge in [-0.1, -0.05) is 18.2 Å². The molecule has 3 heterocycles. The van der Waals surface area contributed by atoms with Crippen LogP contribution in [0.15, 0.2) is 53.5 Å². The third kappa shape index (κ3) is 3.01. The number of morpholine rings is 1. The third-order valence-electron chi connectivity index (χ3n) is 4.95. The number of nitrogens with one attached hydrogen (secondary N) is 1. The Morgan fingerprint density at radius 3 is 2.62 bits per heavy atom. The first-order valence-corrected chi connectivity index (χ1v) is 8.54. The highest BCUT2D eigenvalue weighted by molar-refractivity contribution is 5.96. The molecule has 0 saturated carbocycles. The largest absolute Gasteiger partial charge is 0.361 e. The summed E-state index contributed by atoms with van der Waals surface area (Å²) in [5.41, 5.74) is 0.479. The van der Waals surface area contributed by atoms with E-state index in [2.05, 4.69) is 4.98 Å². The van der Waals surface area contributed by atoms with Crippen molar-refractivity contribution in [2.24, 2.45) is 0 Å². The molecule has 2 saturated heterocycles. The molecule has 2 aromatic rings. The highest BCUT2D eigenvalue weighted by atomic mass is 16.5. The molecular weight excluding hydrogens is 334 g/mol. The van der Waals surface area contributed by atoms with Crippen LogP contribution in [0.4, 0.5) is 5.69 Å². The minimum atomic E-state index is -0.554. The number of pyridine rings is 1. The monoisotopic (exact) mass is 353 g/mol. The lowest BCUT2D eigenvalue weighted by atomic mass is 10.00. The van der Waals surface area contributed by atoms with Gasteiger partial charge in [-0.25, -0.2) is 0 Å². The Morgan fingerprint density at radius 1 is 1.08 bits per heavy atom. The average Bonchev–Trinajstić information content (AvgIpc) is 3.08. The van der Waals surface area contributed by atoms with Crippen molar-refractivity contribution >= 4 is 17.5 Å². The predicted molar refractivity (Wildman–Crippen MR) is 95.1 cm³/mol. The molecule has 2 amide bonds. The van der Waals surface area contributed by atoms with Crippen molar-refractivity contribution in [3.63, 3.8) is 0 Å². The molecule has 4 rings (SSSR count). The molecule has 2 fully saturated rings. The van der Waals surface area contributed by atoms with Crippen molar-refractivity contribution < 1.29 is 14.3 Å². The van der Waals surface area contributed by atoms with E-state index in [1.165, 1.54) is 18.3 Å². The quantitative estimate of drug-likeness (QED) is 0.874. The fourth-order valence-corrected chi connectivity index (χ4v) is 3.55. The van der Waals surface area contributed by atoms with Gasteiger partial charge in [0, 0.05) is 24.5 Å². The number of nitrogens with zero attached hydrogens (tertiary/aromatic N) is 2. The van der Waals surface area contributed by atoms with Gasteiger partial charge in [0.1, 0.15) is 12.2 Å². The third-order valence-corrected chi connectivity index (χ3v) is 4.95. The standard InChI is InChI=1S/C19H19N3O4/c23-16-7-6-14(10-20-16)18(25)21-9-8-19(12-21)13-22(17(24)11-26-19)15-4-2-1-3-5-15/h1-7,10H,8-9,11-13H2,(H,20,23). The maximum absolute atomic E-state index is 12.7. The molecule has 0 bridgehead atoms. The van der Waals surface area contributed by atoms with Gasteiger partial charge in [-0.05, 0) is 24.6 Å². The number of carbonyl (C=O) groups excluding carboxylic acids is 2. The summed E-state index contributed by atoms with van der Waals surface area (Å²) in [4.78, 5) is 42.1. The Morgan fingerprint density at radius 2 is 1.88 bits per heavy atom. The van der Waals surface area contributed by atoms with Gasteiger partial charge in [-0.2, -0.15) is 0 Å². The molecule has 0 aliphatic carbocycles. The number of amides is 2. The number of anilines is 1. The number of aromatic amines is 1. The summed E-state index contributed by atoms with van der Waals surface area (Å²) in [6, 6.07) is 12.4. The predicted octanol–water partition coefficient (Wildman–Crippen LogP) is 1.02. The van der Waals surface area contributed by atoms with Crippen LogP contribution in [0.25, 0.3) is 0 Å². The Labute approximate surface area is 150 Å². The van der Waals surface area contributed by atoms with Gasteiger partial charge in [0.2, 0.25) is 5.56 Å². The molecule has 2 aliphatic rings. The normalized spacial score (nSPS) is 22.8. The van der Waals surface area contributed by atoms with Crippen LogP contribution in [0, 0.1) is 0 Å². The lowest BCUT2D eigenvalue weighted by Gasteiger charge is -2.40. The molecule has 1 atom stereocenters. The van der Waals surface area contributed by atoms with Crippen LogP contribution >= 0.6 is 0 Å². The molecule has 1 spiro atoms. The van der Waals surface area contributed by atoms with Crippen LogP contribution in [0.1, 0.15) is 16.8 Å². The molecule has 1 N–H and O–H groups in total. The number of para-hydroxylation sites is 1. The van der Waals surface area contributed by atoms with E-state index in [1.54, 1.807) is 9.80 Å². The second-order valence-corrected chi connectivity index (χ2v) is 6.71. The topological polar surface area (TPSA) is 82.7 Å². The van der Waals surface area contributed by atoms with E-state index in [-0.39, 0.29) is 24.0 Å². The van der Waals surface area contributed by atoms with E-state index in [0.29, 0.717) is 31.6 Å². The molecule has 7 heteroatoms. The lowest BCUT2D eigenvalue weighted by Crippen LogP contribution is -2.56. The molecular formula is C19H19N3O4. The number of hydrogen-bond acceptors (Lipinski definition) is 4. The molecule has 7 nitrogen and oxygen atoms in total. The minimum Gasteiger partial charge on any atom is -0.361 e. The Bertz CT molecular complexity index is 875. The molecule has 26 heavy (non-hydrogen) atoms. The van der Waals surface area contributed by atoms with Crippen molar-refractivity contribution in [2.45, 2.75) is 12.0 Å².